The summed E-state index contributed by atoms with van der Waals surface area (Å²) in [7, 11) is -2.62. The first kappa shape index (κ1) is 22.1. The molecule has 0 aliphatic heterocycles. The largest absolute Gasteiger partial charge is 0.468 e. The molecule has 3 rings (SSSR count). The SMILES string of the molecule is COC(=O)C1(NS(C)(=O)=O)C[C@@H]2CC(F)(F)CC[C@H]2[C@@H]1COCc1ccccc1. The number of fused-ring (bicyclic) bond motifs is 1. The molecule has 2 fully saturated rings. The van der Waals surface area contributed by atoms with Gasteiger partial charge >= 0.3 is 5.97 Å². The van der Waals surface area contributed by atoms with Crippen LogP contribution >= 0.6 is 0 Å². The summed E-state index contributed by atoms with van der Waals surface area (Å²) < 4.78 is 65.4. The maximum Gasteiger partial charge on any atom is 0.327 e. The van der Waals surface area contributed by atoms with E-state index >= 15 is 0 Å². The Bertz CT molecular complexity index is 833. The number of hydrogen-bond acceptors (Lipinski definition) is 5. The van der Waals surface area contributed by atoms with Gasteiger partial charge in [-0.2, -0.15) is 4.72 Å². The van der Waals surface area contributed by atoms with Crippen LogP contribution in [-0.4, -0.2) is 45.8 Å². The normalized spacial score (nSPS) is 31.2. The molecule has 6 nitrogen and oxygen atoms in total. The summed E-state index contributed by atoms with van der Waals surface area (Å²) >= 11 is 0. The minimum absolute atomic E-state index is 0.0215. The van der Waals surface area contributed by atoms with Gasteiger partial charge in [0.15, 0.2) is 0 Å². The average molecular weight is 432 g/mol. The van der Waals surface area contributed by atoms with E-state index in [0.717, 1.165) is 11.8 Å². The molecule has 0 aromatic heterocycles. The molecule has 2 aliphatic carbocycles. The van der Waals surface area contributed by atoms with Crippen molar-refractivity contribution >= 4 is 16.0 Å². The highest BCUT2D eigenvalue weighted by molar-refractivity contribution is 7.88. The van der Waals surface area contributed by atoms with E-state index in [2.05, 4.69) is 4.72 Å². The number of benzene rings is 1. The van der Waals surface area contributed by atoms with Crippen LogP contribution in [0.5, 0.6) is 0 Å². The van der Waals surface area contributed by atoms with E-state index < -0.39 is 39.3 Å². The summed E-state index contributed by atoms with van der Waals surface area (Å²) in [6, 6.07) is 9.41. The Labute approximate surface area is 170 Å². The molecule has 0 spiro atoms. The summed E-state index contributed by atoms with van der Waals surface area (Å²) in [5.74, 6) is -4.90. The number of halogens is 2. The zero-order chi connectivity index (χ0) is 21.3. The van der Waals surface area contributed by atoms with Crippen LogP contribution in [0, 0.1) is 17.8 Å². The Hall–Kier alpha value is -1.58. The lowest BCUT2D eigenvalue weighted by Crippen LogP contribution is -2.59. The van der Waals surface area contributed by atoms with Crippen LogP contribution in [0.2, 0.25) is 0 Å². The molecule has 0 radical (unpaired) electrons. The van der Waals surface area contributed by atoms with Crippen LogP contribution < -0.4 is 4.72 Å². The Balaban J connectivity index is 1.88. The molecular weight excluding hydrogens is 404 g/mol. The van der Waals surface area contributed by atoms with Crippen molar-refractivity contribution in [3.63, 3.8) is 0 Å². The third-order valence-corrected chi connectivity index (χ3v) is 6.80. The fourth-order valence-electron chi connectivity index (χ4n) is 4.98. The predicted molar refractivity (Wildman–Crippen MR) is 103 cm³/mol. The number of ether oxygens (including phenoxy) is 2. The summed E-state index contributed by atoms with van der Waals surface area (Å²) in [4.78, 5) is 12.8. The molecule has 0 bridgehead atoms. The molecule has 29 heavy (non-hydrogen) atoms. The Morgan fingerprint density at radius 3 is 2.55 bits per heavy atom. The quantitative estimate of drug-likeness (QED) is 0.672. The zero-order valence-electron chi connectivity index (χ0n) is 16.6. The number of methoxy groups -OCH3 is 1. The van der Waals surface area contributed by atoms with Crippen molar-refractivity contribution < 1.29 is 31.5 Å². The molecule has 0 heterocycles. The van der Waals surface area contributed by atoms with Gasteiger partial charge < -0.3 is 9.47 Å². The summed E-state index contributed by atoms with van der Waals surface area (Å²) in [6.45, 7) is 0.347. The Morgan fingerprint density at radius 2 is 1.93 bits per heavy atom. The molecular formula is C20H27F2NO5S. The van der Waals surface area contributed by atoms with Gasteiger partial charge in [-0.25, -0.2) is 17.2 Å². The molecule has 4 atom stereocenters. The van der Waals surface area contributed by atoms with Gasteiger partial charge in [0.1, 0.15) is 5.54 Å². The fraction of sp³-hybridized carbons (Fsp3) is 0.650. The number of rotatable bonds is 7. The second-order valence-corrected chi connectivity index (χ2v) is 9.92. The van der Waals surface area contributed by atoms with E-state index in [1.54, 1.807) is 0 Å². The van der Waals surface area contributed by atoms with Gasteiger partial charge in [-0.1, -0.05) is 30.3 Å². The number of carbonyl (C=O) groups is 1. The molecule has 1 unspecified atom stereocenters. The molecule has 1 aromatic rings. The fourth-order valence-corrected chi connectivity index (χ4v) is 5.96. The number of hydrogen-bond donors (Lipinski definition) is 1. The van der Waals surface area contributed by atoms with E-state index in [0.29, 0.717) is 0 Å². The van der Waals surface area contributed by atoms with E-state index in [1.165, 1.54) is 7.11 Å². The van der Waals surface area contributed by atoms with Crippen LogP contribution in [0.4, 0.5) is 8.78 Å². The van der Waals surface area contributed by atoms with Crippen molar-refractivity contribution in [1.82, 2.24) is 4.72 Å². The minimum atomic E-state index is -3.80. The first-order chi connectivity index (χ1) is 13.6. The van der Waals surface area contributed by atoms with Crippen molar-refractivity contribution in [2.45, 2.75) is 43.8 Å². The van der Waals surface area contributed by atoms with Gasteiger partial charge in [-0.15, -0.1) is 0 Å². The highest BCUT2D eigenvalue weighted by Gasteiger charge is 2.62. The molecule has 0 amide bonds. The molecule has 1 aromatic carbocycles. The first-order valence-corrected chi connectivity index (χ1v) is 11.5. The number of sulfonamides is 1. The number of alkyl halides is 2. The summed E-state index contributed by atoms with van der Waals surface area (Å²) in [5, 5.41) is 0. The second-order valence-electron chi connectivity index (χ2n) is 8.17. The molecule has 2 aliphatic rings. The van der Waals surface area contributed by atoms with E-state index in [1.807, 2.05) is 30.3 Å². The highest BCUT2D eigenvalue weighted by Crippen LogP contribution is 2.55. The predicted octanol–water partition coefficient (Wildman–Crippen LogP) is 2.74. The maximum atomic E-state index is 14.0. The van der Waals surface area contributed by atoms with Gasteiger partial charge in [0, 0.05) is 18.8 Å². The first-order valence-electron chi connectivity index (χ1n) is 9.63. The Morgan fingerprint density at radius 1 is 1.24 bits per heavy atom. The van der Waals surface area contributed by atoms with Crippen molar-refractivity contribution in [2.24, 2.45) is 17.8 Å². The van der Waals surface area contributed by atoms with Crippen LogP contribution in [0.3, 0.4) is 0 Å². The lowest BCUT2D eigenvalue weighted by molar-refractivity contribution is -0.151. The van der Waals surface area contributed by atoms with E-state index in [9.17, 15) is 22.0 Å². The van der Waals surface area contributed by atoms with Crippen LogP contribution in [0.1, 0.15) is 31.2 Å². The molecule has 0 saturated heterocycles. The third-order valence-electron chi connectivity index (χ3n) is 6.07. The lowest BCUT2D eigenvalue weighted by Gasteiger charge is -2.36. The minimum Gasteiger partial charge on any atom is -0.468 e. The van der Waals surface area contributed by atoms with E-state index in [4.69, 9.17) is 9.47 Å². The van der Waals surface area contributed by atoms with Crippen molar-refractivity contribution in [3.8, 4) is 0 Å². The highest BCUT2D eigenvalue weighted by atomic mass is 32.2. The van der Waals surface area contributed by atoms with E-state index in [-0.39, 0.29) is 44.8 Å². The van der Waals surface area contributed by atoms with Crippen LogP contribution in [0.25, 0.3) is 0 Å². The topological polar surface area (TPSA) is 81.7 Å². The van der Waals surface area contributed by atoms with Crippen molar-refractivity contribution in [2.75, 3.05) is 20.0 Å². The molecule has 162 valence electrons. The van der Waals surface area contributed by atoms with Gasteiger partial charge in [0.05, 0.1) is 26.6 Å². The van der Waals surface area contributed by atoms with Crippen LogP contribution in [-0.2, 0) is 30.9 Å². The molecule has 2 saturated carbocycles. The lowest BCUT2D eigenvalue weighted by atomic mass is 9.75. The number of esters is 1. The van der Waals surface area contributed by atoms with Crippen molar-refractivity contribution in [1.29, 1.82) is 0 Å². The number of carbonyl (C=O) groups excluding carboxylic acids is 1. The molecule has 1 N–H and O–H groups in total. The van der Waals surface area contributed by atoms with Gasteiger partial charge in [0.2, 0.25) is 15.9 Å². The smallest absolute Gasteiger partial charge is 0.327 e. The zero-order valence-corrected chi connectivity index (χ0v) is 17.4. The van der Waals surface area contributed by atoms with Crippen molar-refractivity contribution in [3.05, 3.63) is 35.9 Å². The van der Waals surface area contributed by atoms with Gasteiger partial charge in [-0.05, 0) is 30.2 Å². The summed E-state index contributed by atoms with van der Waals surface area (Å²) in [6.07, 6.45) is 0.500. The molecule has 9 heteroatoms. The average Bonchev–Trinajstić information content (AvgIpc) is 2.92. The Kier molecular flexibility index (Phi) is 6.31. The standard InChI is InChI=1S/C20H27F2NO5S/c1-27-18(24)20(23-29(2,25)26)11-15-10-19(21,22)9-8-16(15)17(20)13-28-12-14-6-4-3-5-7-14/h3-7,15-17,23H,8-13H2,1-2H3/t15-,16+,17-,20?/m0/s1. The maximum absolute atomic E-state index is 14.0. The monoisotopic (exact) mass is 431 g/mol. The third kappa shape index (κ3) is 4.95. The van der Waals surface area contributed by atoms with Gasteiger partial charge in [0.25, 0.3) is 0 Å². The second kappa shape index (κ2) is 8.28. The van der Waals surface area contributed by atoms with Crippen LogP contribution in [0.15, 0.2) is 30.3 Å². The van der Waals surface area contributed by atoms with Gasteiger partial charge in [-0.3, -0.25) is 4.79 Å². The number of nitrogens with one attached hydrogen (secondary N) is 1. The summed E-state index contributed by atoms with van der Waals surface area (Å²) in [5.41, 5.74) is -0.675.